The Morgan fingerprint density at radius 1 is 1.02 bits per heavy atom. The Labute approximate surface area is 238 Å². The minimum absolute atomic E-state index is 0.000396. The topological polar surface area (TPSA) is 128 Å². The van der Waals surface area contributed by atoms with Gasteiger partial charge in [0.15, 0.2) is 0 Å². The molecule has 2 aromatic carbocycles. The van der Waals surface area contributed by atoms with Crippen LogP contribution in [0.15, 0.2) is 60.3 Å². The summed E-state index contributed by atoms with van der Waals surface area (Å²) >= 11 is 0. The average Bonchev–Trinajstić information content (AvgIpc) is 3.17. The summed E-state index contributed by atoms with van der Waals surface area (Å²) in [6, 6.07) is 10.3. The van der Waals surface area contributed by atoms with Gasteiger partial charge in [0, 0.05) is 42.8 Å². The normalized spacial score (nSPS) is 20.1. The van der Waals surface area contributed by atoms with Gasteiger partial charge in [-0.3, -0.25) is 34.2 Å². The molecule has 13 heteroatoms. The highest BCUT2D eigenvalue weighted by atomic mass is 19.4. The molecular formula is C29H28F3N5O5. The highest BCUT2D eigenvalue weighted by molar-refractivity contribution is 6.20. The van der Waals surface area contributed by atoms with E-state index >= 15 is 0 Å². The van der Waals surface area contributed by atoms with E-state index < -0.39 is 47.3 Å². The minimum atomic E-state index is -4.53. The molecule has 3 N–H and O–H groups in total. The van der Waals surface area contributed by atoms with Gasteiger partial charge in [0.05, 0.1) is 5.56 Å². The van der Waals surface area contributed by atoms with Gasteiger partial charge in [0.2, 0.25) is 17.7 Å². The first-order valence-electron chi connectivity index (χ1n) is 13.5. The first-order chi connectivity index (χ1) is 20.0. The standard InChI is InChI=1S/C29H28F3N5O5/c30-29(31,32)19-5-2-7-21(14-19)34-25(39)13-18(16-36-10-3-11-36)17-4-1-6-20(12-17)33-22-15-26(40)37(28(22)42)23-8-9-24(38)35-27(23)41/h1-2,4-7,12,14-15,18,23,33H,3,8-11,13,16H2,(H,34,39)(H,35,38,41). The Balaban J connectivity index is 1.29. The molecule has 0 saturated carbocycles. The molecular weight excluding hydrogens is 555 g/mol. The van der Waals surface area contributed by atoms with E-state index in [1.165, 1.54) is 12.1 Å². The van der Waals surface area contributed by atoms with Gasteiger partial charge in [0.1, 0.15) is 11.7 Å². The number of hydrogen-bond donors (Lipinski definition) is 3. The number of anilines is 2. The zero-order valence-electron chi connectivity index (χ0n) is 22.4. The third-order valence-corrected chi connectivity index (χ3v) is 7.45. The molecule has 2 unspecified atom stereocenters. The number of carbonyl (C=O) groups excluding carboxylic acids is 5. The molecule has 2 saturated heterocycles. The van der Waals surface area contributed by atoms with E-state index in [2.05, 4.69) is 20.9 Å². The van der Waals surface area contributed by atoms with E-state index in [0.29, 0.717) is 12.2 Å². The van der Waals surface area contributed by atoms with Gasteiger partial charge in [-0.05, 0) is 61.8 Å². The molecule has 5 rings (SSSR count). The number of rotatable bonds is 9. The van der Waals surface area contributed by atoms with Crippen LogP contribution >= 0.6 is 0 Å². The number of amides is 5. The van der Waals surface area contributed by atoms with Crippen LogP contribution in [0.25, 0.3) is 0 Å². The Hall–Kier alpha value is -4.52. The van der Waals surface area contributed by atoms with Crippen LogP contribution in [0.3, 0.4) is 0 Å². The number of carbonyl (C=O) groups is 5. The molecule has 0 spiro atoms. The van der Waals surface area contributed by atoms with Crippen molar-refractivity contribution in [2.75, 3.05) is 30.3 Å². The molecule has 0 aliphatic carbocycles. The number of piperidine rings is 1. The maximum atomic E-state index is 13.1. The second-order valence-electron chi connectivity index (χ2n) is 10.5. The maximum absolute atomic E-state index is 13.1. The lowest BCUT2D eigenvalue weighted by molar-refractivity contribution is -0.149. The summed E-state index contributed by atoms with van der Waals surface area (Å²) in [5, 5.41) is 7.64. The highest BCUT2D eigenvalue weighted by Gasteiger charge is 2.42. The number of hydrogen-bond acceptors (Lipinski definition) is 7. The maximum Gasteiger partial charge on any atom is 0.416 e. The fourth-order valence-corrected chi connectivity index (χ4v) is 5.20. The van der Waals surface area contributed by atoms with Crippen molar-refractivity contribution in [1.82, 2.24) is 15.1 Å². The Morgan fingerprint density at radius 2 is 1.76 bits per heavy atom. The summed E-state index contributed by atoms with van der Waals surface area (Å²) < 4.78 is 39.3. The predicted octanol–water partition coefficient (Wildman–Crippen LogP) is 2.99. The second-order valence-corrected chi connectivity index (χ2v) is 10.5. The van der Waals surface area contributed by atoms with E-state index in [4.69, 9.17) is 0 Å². The van der Waals surface area contributed by atoms with Gasteiger partial charge in [-0.1, -0.05) is 18.2 Å². The van der Waals surface area contributed by atoms with Crippen molar-refractivity contribution >= 4 is 40.9 Å². The number of alkyl halides is 3. The van der Waals surface area contributed by atoms with Gasteiger partial charge >= 0.3 is 6.18 Å². The highest BCUT2D eigenvalue weighted by Crippen LogP contribution is 2.32. The molecule has 2 aromatic rings. The number of likely N-dealkylation sites (tertiary alicyclic amines) is 1. The van der Waals surface area contributed by atoms with E-state index in [1.54, 1.807) is 18.2 Å². The molecule has 5 amide bonds. The number of halogens is 3. The molecule has 42 heavy (non-hydrogen) atoms. The summed E-state index contributed by atoms with van der Waals surface area (Å²) in [4.78, 5) is 65.3. The summed E-state index contributed by atoms with van der Waals surface area (Å²) in [5.41, 5.74) is 0.373. The van der Waals surface area contributed by atoms with Gasteiger partial charge < -0.3 is 15.5 Å². The lowest BCUT2D eigenvalue weighted by Crippen LogP contribution is -2.54. The Bertz CT molecular complexity index is 1470. The number of nitrogens with zero attached hydrogens (tertiary/aromatic N) is 2. The zero-order chi connectivity index (χ0) is 30.0. The monoisotopic (exact) mass is 583 g/mol. The van der Waals surface area contributed by atoms with Gasteiger partial charge in [-0.25, -0.2) is 0 Å². The molecule has 3 aliphatic rings. The van der Waals surface area contributed by atoms with Crippen molar-refractivity contribution in [3.05, 3.63) is 71.4 Å². The molecule has 3 heterocycles. The molecule has 2 fully saturated rings. The minimum Gasteiger partial charge on any atom is -0.351 e. The van der Waals surface area contributed by atoms with Crippen LogP contribution in [0, 0.1) is 0 Å². The average molecular weight is 584 g/mol. The van der Waals surface area contributed by atoms with Gasteiger partial charge in [-0.15, -0.1) is 0 Å². The van der Waals surface area contributed by atoms with Crippen molar-refractivity contribution < 1.29 is 37.1 Å². The van der Waals surface area contributed by atoms with Crippen LogP contribution < -0.4 is 16.0 Å². The Kier molecular flexibility index (Phi) is 8.12. The van der Waals surface area contributed by atoms with Crippen molar-refractivity contribution in [3.63, 3.8) is 0 Å². The number of imide groups is 2. The summed E-state index contributed by atoms with van der Waals surface area (Å²) in [7, 11) is 0. The van der Waals surface area contributed by atoms with Crippen LogP contribution in [-0.2, 0) is 30.1 Å². The largest absolute Gasteiger partial charge is 0.416 e. The van der Waals surface area contributed by atoms with Crippen molar-refractivity contribution in [3.8, 4) is 0 Å². The van der Waals surface area contributed by atoms with Crippen LogP contribution in [-0.4, -0.2) is 65.0 Å². The lowest BCUT2D eigenvalue weighted by atomic mass is 9.93. The molecule has 2 atom stereocenters. The second kappa shape index (κ2) is 11.8. The summed E-state index contributed by atoms with van der Waals surface area (Å²) in [6.45, 7) is 2.27. The molecule has 220 valence electrons. The van der Waals surface area contributed by atoms with Crippen LogP contribution in [0.1, 0.15) is 42.7 Å². The van der Waals surface area contributed by atoms with E-state index in [1.807, 2.05) is 6.07 Å². The molecule has 0 aromatic heterocycles. The van der Waals surface area contributed by atoms with E-state index in [9.17, 15) is 37.1 Å². The number of benzene rings is 2. The van der Waals surface area contributed by atoms with Gasteiger partial charge in [-0.2, -0.15) is 13.2 Å². The smallest absolute Gasteiger partial charge is 0.351 e. The van der Waals surface area contributed by atoms with E-state index in [-0.39, 0.29) is 36.6 Å². The van der Waals surface area contributed by atoms with Crippen LogP contribution in [0.5, 0.6) is 0 Å². The fourth-order valence-electron chi connectivity index (χ4n) is 5.20. The molecule has 0 bridgehead atoms. The lowest BCUT2D eigenvalue weighted by Gasteiger charge is -2.34. The van der Waals surface area contributed by atoms with Crippen molar-refractivity contribution in [2.24, 2.45) is 0 Å². The fraction of sp³-hybridized carbons (Fsp3) is 0.345. The Morgan fingerprint density at radius 3 is 2.45 bits per heavy atom. The quantitative estimate of drug-likeness (QED) is 0.388. The summed E-state index contributed by atoms with van der Waals surface area (Å²) in [5.74, 6) is -3.30. The third kappa shape index (κ3) is 6.51. The molecule has 0 radical (unpaired) electrons. The molecule has 3 aliphatic heterocycles. The summed E-state index contributed by atoms with van der Waals surface area (Å²) in [6.07, 6.45) is -2.36. The first-order valence-corrected chi connectivity index (χ1v) is 13.5. The SMILES string of the molecule is O=C1CCC(N2C(=O)C=C(Nc3cccc(C(CC(=O)Nc4cccc(C(F)(F)F)c4)CN4CCC4)c3)C2=O)C(=O)N1. The first kappa shape index (κ1) is 29.0. The van der Waals surface area contributed by atoms with E-state index in [0.717, 1.165) is 48.2 Å². The van der Waals surface area contributed by atoms with Crippen molar-refractivity contribution in [2.45, 2.75) is 43.8 Å². The van der Waals surface area contributed by atoms with Crippen molar-refractivity contribution in [1.29, 1.82) is 0 Å². The third-order valence-electron chi connectivity index (χ3n) is 7.45. The van der Waals surface area contributed by atoms with Gasteiger partial charge in [0.25, 0.3) is 11.8 Å². The number of nitrogens with one attached hydrogen (secondary N) is 3. The van der Waals surface area contributed by atoms with Crippen LogP contribution in [0.2, 0.25) is 0 Å². The van der Waals surface area contributed by atoms with Crippen LogP contribution in [0.4, 0.5) is 24.5 Å². The molecule has 10 nitrogen and oxygen atoms in total. The predicted molar refractivity (Wildman–Crippen MR) is 145 cm³/mol. The zero-order valence-corrected chi connectivity index (χ0v) is 22.4.